The van der Waals surface area contributed by atoms with E-state index in [-0.39, 0.29) is 5.54 Å². The maximum Gasteiger partial charge on any atom is 0.183 e. The smallest absolute Gasteiger partial charge is 0.183 e. The van der Waals surface area contributed by atoms with Crippen LogP contribution in [0.15, 0.2) is 29.6 Å². The van der Waals surface area contributed by atoms with Crippen molar-refractivity contribution in [3.05, 3.63) is 34.7 Å². The van der Waals surface area contributed by atoms with E-state index in [1.807, 2.05) is 24.3 Å². The number of hydrogen-bond acceptors (Lipinski definition) is 3. The van der Waals surface area contributed by atoms with Crippen LogP contribution in [0.4, 0.5) is 5.13 Å². The second kappa shape index (κ2) is 4.67. The molecule has 2 rings (SSSR count). The third-order valence-electron chi connectivity index (χ3n) is 2.13. The fourth-order valence-corrected chi connectivity index (χ4v) is 2.46. The molecule has 17 heavy (non-hydrogen) atoms. The summed E-state index contributed by atoms with van der Waals surface area (Å²) in [6, 6.07) is 7.73. The molecule has 1 N–H and O–H groups in total. The van der Waals surface area contributed by atoms with Crippen molar-refractivity contribution in [1.82, 2.24) is 4.98 Å². The van der Waals surface area contributed by atoms with Crippen molar-refractivity contribution in [2.75, 3.05) is 5.32 Å². The molecule has 0 aliphatic rings. The largest absolute Gasteiger partial charge is 0.357 e. The molecule has 0 amide bonds. The first-order valence-electron chi connectivity index (χ1n) is 5.44. The summed E-state index contributed by atoms with van der Waals surface area (Å²) < 4.78 is 0. The van der Waals surface area contributed by atoms with Gasteiger partial charge in [0.25, 0.3) is 0 Å². The Kier molecular flexibility index (Phi) is 3.40. The fourth-order valence-electron chi connectivity index (χ4n) is 1.41. The van der Waals surface area contributed by atoms with E-state index in [1.165, 1.54) is 0 Å². The van der Waals surface area contributed by atoms with Crippen LogP contribution in [0, 0.1) is 0 Å². The molecule has 2 aromatic rings. The SMILES string of the molecule is CC(C)(C)Nc1nc(-c2ccc(Cl)cc2)cs1. The zero-order chi connectivity index (χ0) is 12.5. The average molecular weight is 267 g/mol. The molecule has 0 atom stereocenters. The number of nitrogens with zero attached hydrogens (tertiary/aromatic N) is 1. The van der Waals surface area contributed by atoms with E-state index in [0.717, 1.165) is 21.4 Å². The van der Waals surface area contributed by atoms with Gasteiger partial charge in [0, 0.05) is 21.5 Å². The van der Waals surface area contributed by atoms with E-state index in [4.69, 9.17) is 11.6 Å². The molecule has 1 aromatic heterocycles. The Balaban J connectivity index is 2.21. The predicted molar refractivity (Wildman–Crippen MR) is 75.9 cm³/mol. The van der Waals surface area contributed by atoms with Crippen molar-refractivity contribution in [2.45, 2.75) is 26.3 Å². The minimum absolute atomic E-state index is 0.0368. The first-order valence-corrected chi connectivity index (χ1v) is 6.69. The van der Waals surface area contributed by atoms with E-state index in [9.17, 15) is 0 Å². The van der Waals surface area contributed by atoms with Crippen LogP contribution in [0.2, 0.25) is 5.02 Å². The molecule has 0 aliphatic carbocycles. The van der Waals surface area contributed by atoms with Gasteiger partial charge in [-0.25, -0.2) is 4.98 Å². The normalized spacial score (nSPS) is 11.5. The van der Waals surface area contributed by atoms with E-state index < -0.39 is 0 Å². The average Bonchev–Trinajstić information content (AvgIpc) is 2.64. The van der Waals surface area contributed by atoms with Crippen LogP contribution in [0.1, 0.15) is 20.8 Å². The highest BCUT2D eigenvalue weighted by Gasteiger charge is 2.12. The Labute approximate surface area is 111 Å². The highest BCUT2D eigenvalue weighted by atomic mass is 35.5. The highest BCUT2D eigenvalue weighted by molar-refractivity contribution is 7.14. The van der Waals surface area contributed by atoms with E-state index in [1.54, 1.807) is 11.3 Å². The molecule has 0 unspecified atom stereocenters. The molecule has 2 nitrogen and oxygen atoms in total. The van der Waals surface area contributed by atoms with Gasteiger partial charge in [-0.3, -0.25) is 0 Å². The summed E-state index contributed by atoms with van der Waals surface area (Å²) in [6.45, 7) is 6.36. The Morgan fingerprint density at radius 3 is 2.41 bits per heavy atom. The Morgan fingerprint density at radius 1 is 1.18 bits per heavy atom. The highest BCUT2D eigenvalue weighted by Crippen LogP contribution is 2.27. The van der Waals surface area contributed by atoms with Crippen LogP contribution in [-0.2, 0) is 0 Å². The van der Waals surface area contributed by atoms with Crippen LogP contribution >= 0.6 is 22.9 Å². The maximum absolute atomic E-state index is 5.86. The minimum atomic E-state index is 0.0368. The number of thiazole rings is 1. The van der Waals surface area contributed by atoms with Gasteiger partial charge in [0.2, 0.25) is 0 Å². The Hall–Kier alpha value is -1.06. The molecule has 0 fully saturated rings. The van der Waals surface area contributed by atoms with Crippen LogP contribution in [0.3, 0.4) is 0 Å². The molecule has 1 heterocycles. The monoisotopic (exact) mass is 266 g/mol. The number of anilines is 1. The molecule has 90 valence electrons. The van der Waals surface area contributed by atoms with Crippen LogP contribution in [0.25, 0.3) is 11.3 Å². The molecule has 0 bridgehead atoms. The summed E-state index contributed by atoms with van der Waals surface area (Å²) in [5.74, 6) is 0. The van der Waals surface area contributed by atoms with Crippen molar-refractivity contribution in [3.63, 3.8) is 0 Å². The second-order valence-electron chi connectivity index (χ2n) is 4.92. The number of benzene rings is 1. The lowest BCUT2D eigenvalue weighted by atomic mass is 10.1. The topological polar surface area (TPSA) is 24.9 Å². The second-order valence-corrected chi connectivity index (χ2v) is 6.21. The van der Waals surface area contributed by atoms with Gasteiger partial charge in [0.1, 0.15) is 0 Å². The molecular weight excluding hydrogens is 252 g/mol. The zero-order valence-corrected chi connectivity index (χ0v) is 11.7. The lowest BCUT2D eigenvalue weighted by molar-refractivity contribution is 0.633. The molecule has 0 spiro atoms. The van der Waals surface area contributed by atoms with Gasteiger partial charge in [-0.05, 0) is 32.9 Å². The molecule has 1 aromatic carbocycles. The first-order chi connectivity index (χ1) is 7.94. The number of rotatable bonds is 2. The maximum atomic E-state index is 5.86. The van der Waals surface area contributed by atoms with Gasteiger partial charge in [0.15, 0.2) is 5.13 Å². The summed E-state index contributed by atoms with van der Waals surface area (Å²) in [6.07, 6.45) is 0. The van der Waals surface area contributed by atoms with Crippen LogP contribution in [-0.4, -0.2) is 10.5 Å². The molecule has 0 radical (unpaired) electrons. The van der Waals surface area contributed by atoms with Gasteiger partial charge < -0.3 is 5.32 Å². The van der Waals surface area contributed by atoms with Crippen molar-refractivity contribution < 1.29 is 0 Å². The molecule has 0 aliphatic heterocycles. The molecular formula is C13H15ClN2S. The summed E-state index contributed by atoms with van der Waals surface area (Å²) in [5, 5.41) is 7.11. The lowest BCUT2D eigenvalue weighted by Gasteiger charge is -2.19. The van der Waals surface area contributed by atoms with Gasteiger partial charge in [0.05, 0.1) is 5.69 Å². The zero-order valence-electron chi connectivity index (χ0n) is 10.1. The van der Waals surface area contributed by atoms with Gasteiger partial charge in [-0.2, -0.15) is 0 Å². The lowest BCUT2D eigenvalue weighted by Crippen LogP contribution is -2.25. The molecule has 0 saturated heterocycles. The Morgan fingerprint density at radius 2 is 1.82 bits per heavy atom. The third kappa shape index (κ3) is 3.45. The van der Waals surface area contributed by atoms with Crippen LogP contribution in [0.5, 0.6) is 0 Å². The van der Waals surface area contributed by atoms with E-state index >= 15 is 0 Å². The minimum Gasteiger partial charge on any atom is -0.357 e. The summed E-state index contributed by atoms with van der Waals surface area (Å²) in [5.41, 5.74) is 2.11. The van der Waals surface area contributed by atoms with E-state index in [2.05, 4.69) is 36.5 Å². The fraction of sp³-hybridized carbons (Fsp3) is 0.308. The molecule has 4 heteroatoms. The van der Waals surface area contributed by atoms with Gasteiger partial charge in [-0.1, -0.05) is 23.7 Å². The van der Waals surface area contributed by atoms with Gasteiger partial charge in [-0.15, -0.1) is 11.3 Å². The third-order valence-corrected chi connectivity index (χ3v) is 3.14. The van der Waals surface area contributed by atoms with Gasteiger partial charge >= 0.3 is 0 Å². The predicted octanol–water partition coefficient (Wildman–Crippen LogP) is 4.67. The van der Waals surface area contributed by atoms with Crippen LogP contribution < -0.4 is 5.32 Å². The number of nitrogens with one attached hydrogen (secondary N) is 1. The Bertz CT molecular complexity index is 497. The summed E-state index contributed by atoms with van der Waals surface area (Å²) >= 11 is 7.48. The van der Waals surface area contributed by atoms with Crippen molar-refractivity contribution in [3.8, 4) is 11.3 Å². The van der Waals surface area contributed by atoms with Crippen molar-refractivity contribution in [2.24, 2.45) is 0 Å². The van der Waals surface area contributed by atoms with Crippen molar-refractivity contribution >= 4 is 28.1 Å². The summed E-state index contributed by atoms with van der Waals surface area (Å²) in [7, 11) is 0. The van der Waals surface area contributed by atoms with E-state index in [0.29, 0.717) is 0 Å². The quantitative estimate of drug-likeness (QED) is 0.854. The van der Waals surface area contributed by atoms with Crippen molar-refractivity contribution in [1.29, 1.82) is 0 Å². The number of halogens is 1. The molecule has 0 saturated carbocycles. The number of hydrogen-bond donors (Lipinski definition) is 1. The number of aromatic nitrogens is 1. The first kappa shape index (κ1) is 12.4. The summed E-state index contributed by atoms with van der Waals surface area (Å²) in [4.78, 5) is 4.56. The standard InChI is InChI=1S/C13H15ClN2S/c1-13(2,3)16-12-15-11(8-17-12)9-4-6-10(14)7-5-9/h4-8H,1-3H3,(H,15,16).